The fourth-order valence-electron chi connectivity index (χ4n) is 2.84. The highest BCUT2D eigenvalue weighted by atomic mass is 16.6. The Morgan fingerprint density at radius 1 is 1.31 bits per heavy atom. The molecule has 11 N–H and O–H groups in total. The molecule has 2 amide bonds. The van der Waals surface area contributed by atoms with Crippen molar-refractivity contribution in [2.24, 2.45) is 22.2 Å². The van der Waals surface area contributed by atoms with E-state index < -0.39 is 66.7 Å². The molecule has 0 spiro atoms. The van der Waals surface area contributed by atoms with E-state index >= 15 is 0 Å². The molecule has 0 fully saturated rings. The minimum atomic E-state index is -1.71. The van der Waals surface area contributed by atoms with E-state index in [9.17, 15) is 29.7 Å². The van der Waals surface area contributed by atoms with E-state index in [1.54, 1.807) is 0 Å². The van der Waals surface area contributed by atoms with Crippen molar-refractivity contribution >= 4 is 23.9 Å². The Kier molecular flexibility index (Phi) is 11.2. The van der Waals surface area contributed by atoms with E-state index in [-0.39, 0.29) is 19.8 Å². The topological polar surface area (TPSA) is 254 Å². The number of ether oxygens (including phenoxy) is 3. The van der Waals surface area contributed by atoms with Gasteiger partial charge in [-0.05, 0) is 6.08 Å². The predicted octanol–water partition coefficient (Wildman–Crippen LogP) is -4.08. The molecule has 1 heterocycles. The molecule has 0 aromatic heterocycles. The first-order chi connectivity index (χ1) is 15.1. The number of rotatable bonds is 12. The second kappa shape index (κ2) is 13.3. The van der Waals surface area contributed by atoms with Gasteiger partial charge in [0, 0.05) is 20.0 Å². The molecule has 0 saturated heterocycles. The van der Waals surface area contributed by atoms with Crippen LogP contribution in [0.15, 0.2) is 16.8 Å². The number of nitrogens with two attached hydrogens (primary N) is 3. The number of carbonyl (C=O) groups is 3. The van der Waals surface area contributed by atoms with Gasteiger partial charge in [0.15, 0.2) is 18.2 Å². The number of aliphatic hydroxyl groups excluding tert-OH is 2. The number of guanidine groups is 1. The van der Waals surface area contributed by atoms with Gasteiger partial charge >= 0.3 is 12.1 Å². The summed E-state index contributed by atoms with van der Waals surface area (Å²) in [6.45, 7) is 1.06. The molecule has 1 aliphatic heterocycles. The minimum absolute atomic E-state index is 0.0400. The summed E-state index contributed by atoms with van der Waals surface area (Å²) in [5.41, 5.74) is 16.1. The van der Waals surface area contributed by atoms with E-state index in [1.165, 1.54) is 6.92 Å². The second-order valence-electron chi connectivity index (χ2n) is 6.64. The molecule has 0 aromatic rings. The molecule has 15 heteroatoms. The van der Waals surface area contributed by atoms with E-state index in [4.69, 9.17) is 31.4 Å². The molecule has 1 aliphatic rings. The summed E-state index contributed by atoms with van der Waals surface area (Å²) in [7, 11) is 0. The van der Waals surface area contributed by atoms with Gasteiger partial charge in [-0.3, -0.25) is 4.79 Å². The maximum Gasteiger partial charge on any atom is 0.407 e. The Bertz CT molecular complexity index is 713. The summed E-state index contributed by atoms with van der Waals surface area (Å²) in [6, 6.07) is -2.30. The lowest BCUT2D eigenvalue weighted by atomic mass is 9.92. The molecule has 0 aromatic carbocycles. The maximum atomic E-state index is 12.2. The van der Waals surface area contributed by atoms with Crippen molar-refractivity contribution in [1.29, 1.82) is 0 Å². The third-order valence-corrected chi connectivity index (χ3v) is 4.10. The van der Waals surface area contributed by atoms with Gasteiger partial charge in [0.25, 0.3) is 0 Å². The van der Waals surface area contributed by atoms with E-state index in [0.717, 1.165) is 6.08 Å². The van der Waals surface area contributed by atoms with Gasteiger partial charge in [-0.1, -0.05) is 0 Å². The SMILES string of the molecule is CC(=O)NC1C(N=C(N)N)C=C(C(=O)O)OC1C(OC(=O)NCCOCCN)C(O)CO. The summed E-state index contributed by atoms with van der Waals surface area (Å²) < 4.78 is 15.7. The van der Waals surface area contributed by atoms with E-state index in [1.807, 2.05) is 0 Å². The van der Waals surface area contributed by atoms with Crippen molar-refractivity contribution in [2.45, 2.75) is 37.3 Å². The summed E-state index contributed by atoms with van der Waals surface area (Å²) in [6.07, 6.45) is -4.78. The van der Waals surface area contributed by atoms with Crippen LogP contribution in [0.2, 0.25) is 0 Å². The Hall–Kier alpha value is -3.14. The molecule has 0 saturated carbocycles. The van der Waals surface area contributed by atoms with Crippen LogP contribution in [0.5, 0.6) is 0 Å². The number of aliphatic imine (C=N–C) groups is 1. The van der Waals surface area contributed by atoms with Crippen molar-refractivity contribution in [3.63, 3.8) is 0 Å². The molecule has 0 aliphatic carbocycles. The lowest BCUT2D eigenvalue weighted by Crippen LogP contribution is -2.61. The Morgan fingerprint density at radius 3 is 2.53 bits per heavy atom. The number of carboxylic acid groups (broad SMARTS) is 1. The van der Waals surface area contributed by atoms with Crippen LogP contribution < -0.4 is 27.8 Å². The molecular weight excluding hydrogens is 432 g/mol. The number of amides is 2. The monoisotopic (exact) mass is 462 g/mol. The van der Waals surface area contributed by atoms with Crippen LogP contribution in [0.25, 0.3) is 0 Å². The predicted molar refractivity (Wildman–Crippen MR) is 109 cm³/mol. The van der Waals surface area contributed by atoms with Crippen LogP contribution >= 0.6 is 0 Å². The molecule has 15 nitrogen and oxygen atoms in total. The number of aliphatic carboxylic acids is 1. The number of carboxylic acids is 1. The fraction of sp³-hybridized carbons (Fsp3) is 0.647. The van der Waals surface area contributed by atoms with Crippen molar-refractivity contribution < 1.29 is 43.9 Å². The lowest BCUT2D eigenvalue weighted by molar-refractivity contribution is -0.146. The van der Waals surface area contributed by atoms with Crippen molar-refractivity contribution in [1.82, 2.24) is 10.6 Å². The molecule has 32 heavy (non-hydrogen) atoms. The molecule has 182 valence electrons. The minimum Gasteiger partial charge on any atom is -0.477 e. The van der Waals surface area contributed by atoms with Crippen LogP contribution in [-0.2, 0) is 23.8 Å². The molecular formula is C17H30N6O9. The summed E-state index contributed by atoms with van der Waals surface area (Å²) >= 11 is 0. The average Bonchev–Trinajstić information content (AvgIpc) is 2.71. The third-order valence-electron chi connectivity index (χ3n) is 4.10. The Morgan fingerprint density at radius 2 is 2.00 bits per heavy atom. The summed E-state index contributed by atoms with van der Waals surface area (Å²) in [5.74, 6) is -3.08. The standard InChI is InChI=1S/C17H30N6O9/c1-8(25)22-12-9(23-16(19)20)6-11(15(27)28)31-14(12)13(10(26)7-24)32-17(29)21-3-5-30-4-2-18/h6,9-10,12-14,24,26H,2-5,7,18H2,1H3,(H,21,29)(H,22,25)(H,27,28)(H4,19,20,23). The summed E-state index contributed by atoms with van der Waals surface area (Å²) in [4.78, 5) is 39.4. The maximum absolute atomic E-state index is 12.2. The smallest absolute Gasteiger partial charge is 0.407 e. The van der Waals surface area contributed by atoms with Crippen molar-refractivity contribution in [2.75, 3.05) is 32.9 Å². The number of carbonyl (C=O) groups excluding carboxylic acids is 2. The normalized spacial score (nSPS) is 21.9. The van der Waals surface area contributed by atoms with Gasteiger partial charge in [-0.2, -0.15) is 0 Å². The van der Waals surface area contributed by atoms with Gasteiger partial charge in [0.1, 0.15) is 6.10 Å². The van der Waals surface area contributed by atoms with Gasteiger partial charge in [0.2, 0.25) is 11.7 Å². The summed E-state index contributed by atoms with van der Waals surface area (Å²) in [5, 5.41) is 33.9. The Labute approximate surface area is 183 Å². The quantitative estimate of drug-likeness (QED) is 0.0782. The van der Waals surface area contributed by atoms with Gasteiger partial charge in [-0.25, -0.2) is 14.6 Å². The van der Waals surface area contributed by atoms with Crippen LogP contribution in [0.4, 0.5) is 4.79 Å². The van der Waals surface area contributed by atoms with Crippen molar-refractivity contribution in [3.05, 3.63) is 11.8 Å². The van der Waals surface area contributed by atoms with E-state index in [0.29, 0.717) is 6.54 Å². The van der Waals surface area contributed by atoms with E-state index in [2.05, 4.69) is 15.6 Å². The second-order valence-corrected chi connectivity index (χ2v) is 6.64. The number of aliphatic hydroxyl groups is 2. The number of nitrogens with one attached hydrogen (secondary N) is 2. The first-order valence-electron chi connectivity index (χ1n) is 9.59. The zero-order chi connectivity index (χ0) is 24.3. The largest absolute Gasteiger partial charge is 0.477 e. The average molecular weight is 462 g/mol. The number of alkyl carbamates (subject to hydrolysis) is 1. The van der Waals surface area contributed by atoms with Crippen LogP contribution in [0.3, 0.4) is 0 Å². The molecule has 5 atom stereocenters. The third kappa shape index (κ3) is 8.54. The highest BCUT2D eigenvalue weighted by Gasteiger charge is 2.46. The molecule has 0 bridgehead atoms. The van der Waals surface area contributed by atoms with Crippen LogP contribution in [-0.4, -0.2) is 103 Å². The Balaban J connectivity index is 3.18. The van der Waals surface area contributed by atoms with Crippen LogP contribution in [0, 0.1) is 0 Å². The highest BCUT2D eigenvalue weighted by Crippen LogP contribution is 2.26. The fourth-order valence-corrected chi connectivity index (χ4v) is 2.84. The number of nitrogens with zero attached hydrogens (tertiary/aromatic N) is 1. The number of hydrogen-bond donors (Lipinski definition) is 8. The molecule has 1 rings (SSSR count). The highest BCUT2D eigenvalue weighted by molar-refractivity contribution is 5.85. The van der Waals surface area contributed by atoms with Crippen LogP contribution in [0.1, 0.15) is 6.92 Å². The first-order valence-corrected chi connectivity index (χ1v) is 9.59. The lowest BCUT2D eigenvalue weighted by Gasteiger charge is -2.39. The molecule has 0 radical (unpaired) electrons. The number of hydrogen-bond acceptors (Lipinski definition) is 10. The van der Waals surface area contributed by atoms with Crippen molar-refractivity contribution in [3.8, 4) is 0 Å². The van der Waals surface area contributed by atoms with Gasteiger partial charge in [-0.15, -0.1) is 0 Å². The zero-order valence-electron chi connectivity index (χ0n) is 17.5. The molecule has 5 unspecified atom stereocenters. The first kappa shape index (κ1) is 26.9. The van der Waals surface area contributed by atoms with Gasteiger partial charge < -0.3 is 57.4 Å². The van der Waals surface area contributed by atoms with Gasteiger partial charge in [0.05, 0.1) is 31.9 Å². The zero-order valence-corrected chi connectivity index (χ0v) is 17.5.